The topological polar surface area (TPSA) is 87.2 Å². The number of guanidine groups is 1. The van der Waals surface area contributed by atoms with Crippen molar-refractivity contribution in [2.24, 2.45) is 4.99 Å². The standard InChI is InChI=1S/C23H39N5O3.HI/c1-18-7-9-19(10-8-18)20(28-13-15-30-16-14-28)17-27-21(24-5)25-11-6-12-26-22(29)31-23(2,3)4;/h7-10,20H,6,11-17H2,1-5H3,(H,26,29)(H2,24,25,27);1H. The Hall–Kier alpha value is -1.59. The van der Waals surface area contributed by atoms with Crippen LogP contribution < -0.4 is 16.0 Å². The Balaban J connectivity index is 0.00000512. The van der Waals surface area contributed by atoms with Gasteiger partial charge in [0.2, 0.25) is 0 Å². The van der Waals surface area contributed by atoms with Crippen molar-refractivity contribution in [2.45, 2.75) is 45.8 Å². The number of ether oxygens (including phenoxy) is 2. The van der Waals surface area contributed by atoms with E-state index in [1.54, 1.807) is 7.05 Å². The van der Waals surface area contributed by atoms with Gasteiger partial charge in [0.15, 0.2) is 5.96 Å². The van der Waals surface area contributed by atoms with Gasteiger partial charge < -0.3 is 25.4 Å². The summed E-state index contributed by atoms with van der Waals surface area (Å²) in [5.41, 5.74) is 2.06. The highest BCUT2D eigenvalue weighted by atomic mass is 127. The molecule has 3 N–H and O–H groups in total. The summed E-state index contributed by atoms with van der Waals surface area (Å²) in [7, 11) is 1.77. The minimum atomic E-state index is -0.483. The average molecular weight is 562 g/mol. The highest BCUT2D eigenvalue weighted by Gasteiger charge is 2.23. The summed E-state index contributed by atoms with van der Waals surface area (Å²) in [5, 5.41) is 9.54. The third-order valence-electron chi connectivity index (χ3n) is 4.95. The van der Waals surface area contributed by atoms with Gasteiger partial charge in [0.25, 0.3) is 0 Å². The van der Waals surface area contributed by atoms with E-state index in [2.05, 4.69) is 57.0 Å². The number of rotatable bonds is 8. The van der Waals surface area contributed by atoms with Crippen LogP contribution >= 0.6 is 24.0 Å². The van der Waals surface area contributed by atoms with E-state index in [1.807, 2.05) is 20.8 Å². The number of aryl methyl sites for hydroxylation is 1. The van der Waals surface area contributed by atoms with E-state index >= 15 is 0 Å². The minimum Gasteiger partial charge on any atom is -0.444 e. The molecular weight excluding hydrogens is 521 g/mol. The molecule has 0 aliphatic carbocycles. The average Bonchev–Trinajstić information content (AvgIpc) is 2.73. The molecule has 1 fully saturated rings. The Labute approximate surface area is 209 Å². The monoisotopic (exact) mass is 561 g/mol. The van der Waals surface area contributed by atoms with E-state index in [4.69, 9.17) is 9.47 Å². The van der Waals surface area contributed by atoms with Crippen LogP contribution in [0.4, 0.5) is 4.79 Å². The van der Waals surface area contributed by atoms with Gasteiger partial charge in [-0.1, -0.05) is 29.8 Å². The third-order valence-corrected chi connectivity index (χ3v) is 4.95. The van der Waals surface area contributed by atoms with Gasteiger partial charge in [0.05, 0.1) is 19.3 Å². The SMILES string of the molecule is CN=C(NCCCNC(=O)OC(C)(C)C)NCC(c1ccc(C)cc1)N1CCOCC1.I. The zero-order valence-electron chi connectivity index (χ0n) is 20.1. The van der Waals surface area contributed by atoms with Crippen molar-refractivity contribution in [3.05, 3.63) is 35.4 Å². The summed E-state index contributed by atoms with van der Waals surface area (Å²) in [4.78, 5) is 18.5. The normalized spacial score (nSPS) is 16.0. The molecule has 0 bridgehead atoms. The fourth-order valence-corrected chi connectivity index (χ4v) is 3.35. The van der Waals surface area contributed by atoms with Gasteiger partial charge in [0, 0.05) is 39.8 Å². The number of nitrogens with zero attached hydrogens (tertiary/aromatic N) is 2. The summed E-state index contributed by atoms with van der Waals surface area (Å²) >= 11 is 0. The molecule has 0 radical (unpaired) electrons. The zero-order chi connectivity index (χ0) is 22.7. The summed E-state index contributed by atoms with van der Waals surface area (Å²) in [5.74, 6) is 0.752. The van der Waals surface area contributed by atoms with E-state index in [0.29, 0.717) is 13.1 Å². The molecule has 1 aliphatic heterocycles. The van der Waals surface area contributed by atoms with E-state index in [0.717, 1.165) is 45.2 Å². The second-order valence-electron chi connectivity index (χ2n) is 8.74. The van der Waals surface area contributed by atoms with Crippen molar-refractivity contribution in [3.63, 3.8) is 0 Å². The number of carbonyl (C=O) groups excluding carboxylic acids is 1. The number of carbonyl (C=O) groups is 1. The molecule has 1 aromatic carbocycles. The Bertz CT molecular complexity index is 701. The van der Waals surface area contributed by atoms with Crippen LogP contribution in [0.5, 0.6) is 0 Å². The lowest BCUT2D eigenvalue weighted by molar-refractivity contribution is 0.0170. The second-order valence-corrected chi connectivity index (χ2v) is 8.74. The number of halogens is 1. The molecule has 1 aliphatic rings. The molecule has 182 valence electrons. The smallest absolute Gasteiger partial charge is 0.407 e. The first-order valence-electron chi connectivity index (χ1n) is 11.1. The van der Waals surface area contributed by atoms with Crippen molar-refractivity contribution in [3.8, 4) is 0 Å². The Kier molecular flexibility index (Phi) is 12.9. The minimum absolute atomic E-state index is 0. The van der Waals surface area contributed by atoms with Crippen LogP contribution in [0.15, 0.2) is 29.3 Å². The zero-order valence-corrected chi connectivity index (χ0v) is 22.4. The predicted octanol–water partition coefficient (Wildman–Crippen LogP) is 3.07. The van der Waals surface area contributed by atoms with E-state index in [-0.39, 0.29) is 36.1 Å². The summed E-state index contributed by atoms with van der Waals surface area (Å²) in [6.45, 7) is 13.0. The maximum atomic E-state index is 11.7. The van der Waals surface area contributed by atoms with Gasteiger partial charge >= 0.3 is 6.09 Å². The van der Waals surface area contributed by atoms with Crippen molar-refractivity contribution >= 4 is 36.0 Å². The Morgan fingerprint density at radius 1 is 1.12 bits per heavy atom. The molecule has 0 saturated carbocycles. The maximum absolute atomic E-state index is 11.7. The number of hydrogen-bond donors (Lipinski definition) is 3. The second kappa shape index (κ2) is 14.5. The third kappa shape index (κ3) is 10.8. The molecule has 1 saturated heterocycles. The van der Waals surface area contributed by atoms with Crippen LogP contribution in [0.1, 0.15) is 44.4 Å². The lowest BCUT2D eigenvalue weighted by Crippen LogP contribution is -2.46. The van der Waals surface area contributed by atoms with Gasteiger partial charge in [-0.15, -0.1) is 24.0 Å². The number of amides is 1. The largest absolute Gasteiger partial charge is 0.444 e. The van der Waals surface area contributed by atoms with Gasteiger partial charge in [-0.25, -0.2) is 4.79 Å². The van der Waals surface area contributed by atoms with Crippen LogP contribution in [-0.4, -0.2) is 75.5 Å². The molecule has 2 rings (SSSR count). The molecule has 1 heterocycles. The number of morpholine rings is 1. The molecule has 9 heteroatoms. The first-order chi connectivity index (χ1) is 14.8. The molecule has 32 heavy (non-hydrogen) atoms. The number of benzene rings is 1. The van der Waals surface area contributed by atoms with Gasteiger partial charge in [0.1, 0.15) is 5.60 Å². The van der Waals surface area contributed by atoms with Crippen molar-refractivity contribution in [2.75, 3.05) is 53.0 Å². The molecule has 1 amide bonds. The van der Waals surface area contributed by atoms with Gasteiger partial charge in [-0.2, -0.15) is 0 Å². The van der Waals surface area contributed by atoms with Crippen LogP contribution in [0, 0.1) is 6.92 Å². The van der Waals surface area contributed by atoms with Crippen LogP contribution in [0.3, 0.4) is 0 Å². The molecule has 8 nitrogen and oxygen atoms in total. The quantitative estimate of drug-likeness (QED) is 0.196. The number of alkyl carbamates (subject to hydrolysis) is 1. The Morgan fingerprint density at radius 3 is 2.34 bits per heavy atom. The van der Waals surface area contributed by atoms with E-state index in [1.165, 1.54) is 11.1 Å². The van der Waals surface area contributed by atoms with Crippen molar-refractivity contribution in [1.29, 1.82) is 0 Å². The fraction of sp³-hybridized carbons (Fsp3) is 0.652. The fourth-order valence-electron chi connectivity index (χ4n) is 3.35. The number of hydrogen-bond acceptors (Lipinski definition) is 5. The summed E-state index contributed by atoms with van der Waals surface area (Å²) in [6, 6.07) is 8.98. The molecular formula is C23H40IN5O3. The molecule has 1 aromatic rings. The summed E-state index contributed by atoms with van der Waals surface area (Å²) in [6.07, 6.45) is 0.381. The molecule has 0 spiro atoms. The lowest BCUT2D eigenvalue weighted by Gasteiger charge is -2.35. The number of nitrogens with one attached hydrogen (secondary N) is 3. The number of aliphatic imine (C=N–C) groups is 1. The van der Waals surface area contributed by atoms with Crippen LogP contribution in [0.25, 0.3) is 0 Å². The van der Waals surface area contributed by atoms with Crippen molar-refractivity contribution < 1.29 is 14.3 Å². The van der Waals surface area contributed by atoms with E-state index < -0.39 is 5.60 Å². The van der Waals surface area contributed by atoms with Crippen molar-refractivity contribution in [1.82, 2.24) is 20.9 Å². The van der Waals surface area contributed by atoms with Crippen LogP contribution in [0.2, 0.25) is 0 Å². The summed E-state index contributed by atoms with van der Waals surface area (Å²) < 4.78 is 10.8. The van der Waals surface area contributed by atoms with E-state index in [9.17, 15) is 4.79 Å². The molecule has 1 atom stereocenters. The first-order valence-corrected chi connectivity index (χ1v) is 11.1. The van der Waals surface area contributed by atoms with Gasteiger partial charge in [-0.05, 0) is 39.7 Å². The lowest BCUT2D eigenvalue weighted by atomic mass is 10.0. The maximum Gasteiger partial charge on any atom is 0.407 e. The molecule has 0 aromatic heterocycles. The van der Waals surface area contributed by atoms with Gasteiger partial charge in [-0.3, -0.25) is 9.89 Å². The highest BCUT2D eigenvalue weighted by molar-refractivity contribution is 14.0. The van der Waals surface area contributed by atoms with Crippen LogP contribution in [-0.2, 0) is 9.47 Å². The predicted molar refractivity (Wildman–Crippen MR) is 140 cm³/mol. The molecule has 1 unspecified atom stereocenters. The first kappa shape index (κ1) is 28.4. The highest BCUT2D eigenvalue weighted by Crippen LogP contribution is 2.21. The Morgan fingerprint density at radius 2 is 1.75 bits per heavy atom.